The van der Waals surface area contributed by atoms with Crippen molar-refractivity contribution < 1.29 is 8.83 Å². The molecular weight excluding hydrogens is 793 g/mol. The molecule has 2 heterocycles. The first-order valence-electron chi connectivity index (χ1n) is 23.0. The Kier molecular flexibility index (Phi) is 8.68. The van der Waals surface area contributed by atoms with Gasteiger partial charge in [0.05, 0.1) is 17.4 Å². The van der Waals surface area contributed by atoms with E-state index in [0.717, 1.165) is 66.6 Å². The maximum Gasteiger partial charge on any atom is 0.159 e. The lowest BCUT2D eigenvalue weighted by Crippen LogP contribution is -2.34. The molecule has 0 radical (unpaired) electrons. The predicted octanol–water partition coefficient (Wildman–Crippen LogP) is 16.6. The summed E-state index contributed by atoms with van der Waals surface area (Å²) in [5.41, 5.74) is 13.9. The van der Waals surface area contributed by atoms with E-state index >= 15 is 0 Å². The van der Waals surface area contributed by atoms with Crippen molar-refractivity contribution in [1.82, 2.24) is 0 Å². The fourth-order valence-corrected chi connectivity index (χ4v) is 11.0. The highest BCUT2D eigenvalue weighted by molar-refractivity contribution is 6.16. The third-order valence-corrected chi connectivity index (χ3v) is 13.8. The van der Waals surface area contributed by atoms with Crippen LogP contribution in [0.15, 0.2) is 179 Å². The lowest BCUT2D eigenvalue weighted by Gasteiger charge is -2.40. The number of benzene rings is 9. The number of nitrogens with zero attached hydrogens (tertiary/aromatic N) is 2. The first kappa shape index (κ1) is 39.3. The second-order valence-corrected chi connectivity index (χ2v) is 20.1. The molecule has 12 rings (SSSR count). The van der Waals surface area contributed by atoms with Crippen LogP contribution in [0.25, 0.3) is 71.1 Å². The van der Waals surface area contributed by atoms with Crippen LogP contribution in [0, 0.1) is 6.92 Å². The van der Waals surface area contributed by atoms with Gasteiger partial charge in [-0.3, -0.25) is 0 Å². The zero-order chi connectivity index (χ0) is 44.4. The summed E-state index contributed by atoms with van der Waals surface area (Å²) in [6.45, 7) is 15.8. The van der Waals surface area contributed by atoms with Crippen LogP contribution in [0.3, 0.4) is 0 Å². The summed E-state index contributed by atoms with van der Waals surface area (Å²) in [5, 5.41) is 10.8. The monoisotopic (exact) mass is 844 g/mol. The standard InChI is InChI=1S/C61H52N2O2/c1-37-34-38-30-32-46-52(62(40-18-10-8-11-19-40)50-28-16-24-44-42-22-14-26-48(60(2,3)4)56(42)64-58(44)50)36-53(47-33-31-39(35-37)54(38)55(46)47)63(41-20-12-9-13-21-41)51-29-17-25-45-43-23-15-27-49(61(5,6)7)57(43)65-59(45)51/h8-35,52H,36H2,1-7H3. The summed E-state index contributed by atoms with van der Waals surface area (Å²) < 4.78 is 14.4. The van der Waals surface area contributed by atoms with Crippen LogP contribution in [0.1, 0.15) is 76.3 Å². The molecule has 0 aliphatic heterocycles. The van der Waals surface area contributed by atoms with Crippen LogP contribution in [-0.2, 0) is 10.8 Å². The first-order chi connectivity index (χ1) is 31.4. The molecule has 4 nitrogen and oxygen atoms in total. The fourth-order valence-electron chi connectivity index (χ4n) is 11.0. The number of aryl methyl sites for hydroxylation is 1. The molecular formula is C61H52N2O2. The van der Waals surface area contributed by atoms with Crippen LogP contribution < -0.4 is 15.0 Å². The van der Waals surface area contributed by atoms with Gasteiger partial charge in [-0.1, -0.05) is 175 Å². The smallest absolute Gasteiger partial charge is 0.159 e. The van der Waals surface area contributed by atoms with Crippen LogP contribution in [0.2, 0.25) is 0 Å². The van der Waals surface area contributed by atoms with Gasteiger partial charge in [-0.2, -0.15) is 0 Å². The third-order valence-electron chi connectivity index (χ3n) is 13.8. The molecule has 0 spiro atoms. The molecule has 0 N–H and O–H groups in total. The first-order valence-corrected chi connectivity index (χ1v) is 23.0. The van der Waals surface area contributed by atoms with E-state index in [9.17, 15) is 0 Å². The molecule has 0 saturated heterocycles. The maximum atomic E-state index is 7.19. The van der Waals surface area contributed by atoms with E-state index in [1.165, 1.54) is 54.7 Å². The van der Waals surface area contributed by atoms with Gasteiger partial charge in [-0.15, -0.1) is 0 Å². The number of anilines is 4. The Morgan fingerprint density at radius 1 is 0.462 bits per heavy atom. The minimum atomic E-state index is -0.134. The van der Waals surface area contributed by atoms with Crippen LogP contribution in [0.4, 0.5) is 22.7 Å². The molecule has 9 aromatic carbocycles. The number of para-hydroxylation sites is 6. The molecule has 0 bridgehead atoms. The van der Waals surface area contributed by atoms with E-state index in [2.05, 4.69) is 228 Å². The summed E-state index contributed by atoms with van der Waals surface area (Å²) >= 11 is 0. The van der Waals surface area contributed by atoms with E-state index < -0.39 is 0 Å². The summed E-state index contributed by atoms with van der Waals surface area (Å²) in [6, 6.07) is 62.3. The number of fused-ring (bicyclic) bond motifs is 6. The molecule has 65 heavy (non-hydrogen) atoms. The quantitative estimate of drug-likeness (QED) is 0.167. The second kappa shape index (κ2) is 14.4. The Morgan fingerprint density at radius 2 is 0.954 bits per heavy atom. The fraction of sp³-hybridized carbons (Fsp3) is 0.180. The maximum absolute atomic E-state index is 7.19. The van der Waals surface area contributed by atoms with Crippen LogP contribution in [0.5, 0.6) is 0 Å². The minimum Gasteiger partial charge on any atom is -0.454 e. The molecule has 4 heteroatoms. The molecule has 318 valence electrons. The van der Waals surface area contributed by atoms with Gasteiger partial charge in [0.1, 0.15) is 11.2 Å². The average Bonchev–Trinajstić information content (AvgIpc) is 3.88. The van der Waals surface area contributed by atoms with Crippen molar-refractivity contribution >= 4 is 93.9 Å². The van der Waals surface area contributed by atoms with Crippen molar-refractivity contribution in [2.24, 2.45) is 0 Å². The largest absolute Gasteiger partial charge is 0.454 e. The van der Waals surface area contributed by atoms with Gasteiger partial charge in [-0.05, 0) is 86.8 Å². The van der Waals surface area contributed by atoms with Crippen molar-refractivity contribution in [3.63, 3.8) is 0 Å². The summed E-state index contributed by atoms with van der Waals surface area (Å²) in [7, 11) is 0. The topological polar surface area (TPSA) is 32.8 Å². The molecule has 0 saturated carbocycles. The molecule has 0 amide bonds. The normalized spacial score (nSPS) is 14.4. The zero-order valence-electron chi connectivity index (χ0n) is 38.2. The summed E-state index contributed by atoms with van der Waals surface area (Å²) in [5.74, 6) is 0. The highest BCUT2D eigenvalue weighted by atomic mass is 16.3. The Bertz CT molecular complexity index is 3710. The van der Waals surface area contributed by atoms with Gasteiger partial charge in [-0.25, -0.2) is 0 Å². The van der Waals surface area contributed by atoms with Crippen molar-refractivity contribution in [1.29, 1.82) is 0 Å². The Hall–Kier alpha value is -7.30. The molecule has 1 aliphatic rings. The lowest BCUT2D eigenvalue weighted by atomic mass is 9.83. The molecule has 1 unspecified atom stereocenters. The Labute approximate surface area is 380 Å². The molecule has 2 aromatic heterocycles. The van der Waals surface area contributed by atoms with Crippen molar-refractivity contribution in [2.75, 3.05) is 9.80 Å². The lowest BCUT2D eigenvalue weighted by molar-refractivity contribution is 0.572. The average molecular weight is 845 g/mol. The summed E-state index contributed by atoms with van der Waals surface area (Å²) in [4.78, 5) is 5.05. The van der Waals surface area contributed by atoms with Crippen molar-refractivity contribution in [3.05, 3.63) is 197 Å². The van der Waals surface area contributed by atoms with Crippen LogP contribution >= 0.6 is 0 Å². The molecule has 11 aromatic rings. The number of hydrogen-bond donors (Lipinski definition) is 0. The summed E-state index contributed by atoms with van der Waals surface area (Å²) in [6.07, 6.45) is 0.691. The molecule has 1 atom stereocenters. The van der Waals surface area contributed by atoms with Gasteiger partial charge in [0.2, 0.25) is 0 Å². The van der Waals surface area contributed by atoms with Crippen molar-refractivity contribution in [3.8, 4) is 0 Å². The van der Waals surface area contributed by atoms with Gasteiger partial charge >= 0.3 is 0 Å². The Morgan fingerprint density at radius 3 is 1.52 bits per heavy atom. The highest BCUT2D eigenvalue weighted by Crippen LogP contribution is 2.51. The highest BCUT2D eigenvalue weighted by Gasteiger charge is 2.35. The number of hydrogen-bond acceptors (Lipinski definition) is 4. The van der Waals surface area contributed by atoms with Gasteiger partial charge in [0.25, 0.3) is 0 Å². The zero-order valence-corrected chi connectivity index (χ0v) is 38.2. The number of furan rings is 2. The minimum absolute atomic E-state index is 0.0959. The van der Waals surface area contributed by atoms with E-state index in [1.807, 2.05) is 0 Å². The van der Waals surface area contributed by atoms with Gasteiger partial charge in [0, 0.05) is 61.4 Å². The molecule has 0 fully saturated rings. The van der Waals surface area contributed by atoms with E-state index in [0.29, 0.717) is 6.42 Å². The third kappa shape index (κ3) is 6.11. The van der Waals surface area contributed by atoms with E-state index in [1.54, 1.807) is 0 Å². The molecule has 1 aliphatic carbocycles. The Balaban J connectivity index is 1.18. The van der Waals surface area contributed by atoms with Gasteiger partial charge < -0.3 is 18.6 Å². The van der Waals surface area contributed by atoms with Crippen LogP contribution in [-0.4, -0.2) is 0 Å². The second-order valence-electron chi connectivity index (χ2n) is 20.1. The van der Waals surface area contributed by atoms with Crippen molar-refractivity contribution in [2.45, 2.75) is 71.8 Å². The van der Waals surface area contributed by atoms with E-state index in [4.69, 9.17) is 8.83 Å². The SMILES string of the molecule is Cc1cc2ccc3c4c(ccc(c1)c24)=C(N(c1ccccc1)c1cccc2c1oc1c(C(C)(C)C)cccc12)CC3N(c1ccccc1)c1cccc2c1oc1c(C(C)(C)C)cccc12. The number of rotatable bonds is 6. The van der Waals surface area contributed by atoms with Gasteiger partial charge in [0.15, 0.2) is 11.2 Å². The predicted molar refractivity (Wildman–Crippen MR) is 274 cm³/mol. The van der Waals surface area contributed by atoms with E-state index in [-0.39, 0.29) is 16.9 Å².